The minimum atomic E-state index is -0.0146. The molecule has 144 valence electrons. The first-order valence-corrected chi connectivity index (χ1v) is 9.73. The van der Waals surface area contributed by atoms with Gasteiger partial charge in [-0.3, -0.25) is 4.79 Å². The Labute approximate surface area is 159 Å². The van der Waals surface area contributed by atoms with E-state index in [9.17, 15) is 4.79 Å². The number of carbonyl (C=O) groups excluding carboxylic acids is 1. The molecule has 1 saturated heterocycles. The van der Waals surface area contributed by atoms with Gasteiger partial charge in [0.1, 0.15) is 5.76 Å². The highest BCUT2D eigenvalue weighted by molar-refractivity contribution is 5.94. The maximum absolute atomic E-state index is 13.3. The normalized spacial score (nSPS) is 19.5. The molecule has 1 aromatic carbocycles. The first kappa shape index (κ1) is 17.9. The van der Waals surface area contributed by atoms with Gasteiger partial charge in [-0.2, -0.15) is 0 Å². The second kappa shape index (κ2) is 7.62. The van der Waals surface area contributed by atoms with Crippen molar-refractivity contribution in [3.8, 4) is 11.5 Å². The van der Waals surface area contributed by atoms with Crippen LogP contribution in [-0.4, -0.2) is 36.7 Å². The molecule has 1 amide bonds. The summed E-state index contributed by atoms with van der Waals surface area (Å²) in [6.45, 7) is 0.736. The number of likely N-dealkylation sites (tertiary alicyclic amines) is 1. The van der Waals surface area contributed by atoms with E-state index >= 15 is 0 Å². The largest absolute Gasteiger partial charge is 0.493 e. The molecule has 2 heterocycles. The molecule has 4 rings (SSSR count). The maximum atomic E-state index is 13.3. The van der Waals surface area contributed by atoms with Gasteiger partial charge in [0.15, 0.2) is 17.2 Å². The van der Waals surface area contributed by atoms with Gasteiger partial charge in [0.2, 0.25) is 0 Å². The monoisotopic (exact) mass is 370 g/mol. The van der Waals surface area contributed by atoms with E-state index in [0.717, 1.165) is 62.0 Å². The van der Waals surface area contributed by atoms with Crippen molar-refractivity contribution in [1.29, 1.82) is 0 Å². The molecule has 0 bridgehead atoms. The van der Waals surface area contributed by atoms with Crippen LogP contribution in [-0.2, 0) is 12.8 Å². The molecule has 1 atom stereocenters. The fourth-order valence-corrected chi connectivity index (χ4v) is 4.28. The van der Waals surface area contributed by atoms with Crippen molar-refractivity contribution in [2.24, 2.45) is 0 Å². The topological polar surface area (TPSA) is 64.8 Å². The summed E-state index contributed by atoms with van der Waals surface area (Å²) in [5.41, 5.74) is 2.60. The van der Waals surface area contributed by atoms with Crippen LogP contribution in [0.5, 0.6) is 11.5 Å². The van der Waals surface area contributed by atoms with Crippen molar-refractivity contribution >= 4 is 5.91 Å². The van der Waals surface area contributed by atoms with Crippen LogP contribution >= 0.6 is 0 Å². The number of rotatable bonds is 4. The summed E-state index contributed by atoms with van der Waals surface area (Å²) >= 11 is 0. The fraction of sp³-hybridized carbons (Fsp3) is 0.524. The summed E-state index contributed by atoms with van der Waals surface area (Å²) in [7, 11) is 3.25. The van der Waals surface area contributed by atoms with E-state index in [1.165, 1.54) is 6.42 Å². The highest BCUT2D eigenvalue weighted by atomic mass is 16.5. The maximum Gasteiger partial charge on any atom is 0.276 e. The summed E-state index contributed by atoms with van der Waals surface area (Å²) in [6.07, 6.45) is 7.05. The number of hydrogen-bond acceptors (Lipinski definition) is 5. The van der Waals surface area contributed by atoms with Gasteiger partial charge in [0.05, 0.1) is 20.3 Å². The molecular weight excluding hydrogens is 344 g/mol. The third-order valence-corrected chi connectivity index (χ3v) is 5.71. The van der Waals surface area contributed by atoms with Gasteiger partial charge in [-0.05, 0) is 49.8 Å². The van der Waals surface area contributed by atoms with E-state index in [1.807, 2.05) is 23.1 Å². The van der Waals surface area contributed by atoms with E-state index in [0.29, 0.717) is 17.2 Å². The Hall–Kier alpha value is -2.50. The quantitative estimate of drug-likeness (QED) is 0.763. The molecule has 6 nitrogen and oxygen atoms in total. The predicted molar refractivity (Wildman–Crippen MR) is 100 cm³/mol. The van der Waals surface area contributed by atoms with Crippen LogP contribution in [0.2, 0.25) is 0 Å². The Morgan fingerprint density at radius 2 is 1.93 bits per heavy atom. The van der Waals surface area contributed by atoms with Crippen molar-refractivity contribution in [2.75, 3.05) is 20.8 Å². The molecule has 2 aliphatic rings. The number of fused-ring (bicyclic) bond motifs is 1. The number of aromatic nitrogens is 1. The van der Waals surface area contributed by atoms with Crippen LogP contribution in [0.3, 0.4) is 0 Å². The third kappa shape index (κ3) is 3.29. The molecule has 1 aliphatic heterocycles. The fourth-order valence-electron chi connectivity index (χ4n) is 4.28. The number of ether oxygens (including phenoxy) is 2. The average molecular weight is 370 g/mol. The van der Waals surface area contributed by atoms with Gasteiger partial charge >= 0.3 is 0 Å². The van der Waals surface area contributed by atoms with Gasteiger partial charge in [-0.25, -0.2) is 0 Å². The lowest BCUT2D eigenvalue weighted by Crippen LogP contribution is -2.31. The number of methoxy groups -OCH3 is 2. The molecule has 0 spiro atoms. The summed E-state index contributed by atoms with van der Waals surface area (Å²) < 4.78 is 16.3. The predicted octanol–water partition coefficient (Wildman–Crippen LogP) is 3.94. The smallest absolute Gasteiger partial charge is 0.276 e. The Balaban J connectivity index is 1.62. The number of nitrogens with zero attached hydrogens (tertiary/aromatic N) is 2. The van der Waals surface area contributed by atoms with Crippen LogP contribution < -0.4 is 9.47 Å². The molecule has 1 unspecified atom stereocenters. The molecule has 0 saturated carbocycles. The lowest BCUT2D eigenvalue weighted by atomic mass is 10.0. The summed E-state index contributed by atoms with van der Waals surface area (Å²) in [4.78, 5) is 15.2. The lowest BCUT2D eigenvalue weighted by Gasteiger charge is -2.25. The van der Waals surface area contributed by atoms with Crippen molar-refractivity contribution in [2.45, 2.75) is 51.0 Å². The van der Waals surface area contributed by atoms with Crippen LogP contribution in [0.15, 0.2) is 22.7 Å². The number of benzene rings is 1. The Kier molecular flexibility index (Phi) is 5.05. The summed E-state index contributed by atoms with van der Waals surface area (Å²) in [5.74, 6) is 2.26. The van der Waals surface area contributed by atoms with Gasteiger partial charge in [0, 0.05) is 18.5 Å². The highest BCUT2D eigenvalue weighted by Gasteiger charge is 2.34. The molecule has 1 aromatic heterocycles. The minimum absolute atomic E-state index is 0.0146. The highest BCUT2D eigenvalue weighted by Crippen LogP contribution is 2.38. The first-order chi connectivity index (χ1) is 13.2. The Morgan fingerprint density at radius 1 is 1.11 bits per heavy atom. The molecular formula is C21H26N2O4. The Morgan fingerprint density at radius 3 is 2.74 bits per heavy atom. The van der Waals surface area contributed by atoms with E-state index in [1.54, 1.807) is 14.2 Å². The first-order valence-electron chi connectivity index (χ1n) is 9.73. The van der Waals surface area contributed by atoms with Crippen LogP contribution in [0.25, 0.3) is 0 Å². The second-order valence-electron chi connectivity index (χ2n) is 7.26. The van der Waals surface area contributed by atoms with Crippen molar-refractivity contribution in [3.63, 3.8) is 0 Å². The van der Waals surface area contributed by atoms with Crippen LogP contribution in [0.1, 0.15) is 65.5 Å². The van der Waals surface area contributed by atoms with E-state index < -0.39 is 0 Å². The van der Waals surface area contributed by atoms with E-state index in [2.05, 4.69) is 5.16 Å². The van der Waals surface area contributed by atoms with Gasteiger partial charge in [0.25, 0.3) is 5.91 Å². The Bertz CT molecular complexity index is 830. The van der Waals surface area contributed by atoms with Crippen LogP contribution in [0, 0.1) is 0 Å². The van der Waals surface area contributed by atoms with Crippen molar-refractivity contribution in [3.05, 3.63) is 40.8 Å². The number of aryl methyl sites for hydroxylation is 1. The van der Waals surface area contributed by atoms with Gasteiger partial charge in [-0.1, -0.05) is 17.6 Å². The SMILES string of the molecule is COc1ccc(C2CCCN2C(=O)c2noc3c2CCCCC3)cc1OC. The van der Waals surface area contributed by atoms with E-state index in [4.69, 9.17) is 14.0 Å². The average Bonchev–Trinajstić information content (AvgIpc) is 3.28. The molecule has 2 aromatic rings. The van der Waals surface area contributed by atoms with Gasteiger partial charge in [-0.15, -0.1) is 0 Å². The minimum Gasteiger partial charge on any atom is -0.493 e. The molecule has 0 N–H and O–H groups in total. The zero-order valence-corrected chi connectivity index (χ0v) is 16.0. The third-order valence-electron chi connectivity index (χ3n) is 5.71. The van der Waals surface area contributed by atoms with E-state index in [-0.39, 0.29) is 11.9 Å². The van der Waals surface area contributed by atoms with Gasteiger partial charge < -0.3 is 18.9 Å². The summed E-state index contributed by atoms with van der Waals surface area (Å²) in [5, 5.41) is 4.16. The molecule has 0 radical (unpaired) electrons. The number of amides is 1. The molecule has 1 fully saturated rings. The molecule has 27 heavy (non-hydrogen) atoms. The van der Waals surface area contributed by atoms with Crippen molar-refractivity contribution < 1.29 is 18.8 Å². The molecule has 6 heteroatoms. The number of carbonyl (C=O) groups is 1. The standard InChI is InChI=1S/C21H26N2O4/c1-25-18-11-10-14(13-19(18)26-2)16-8-6-12-23(16)21(24)20-15-7-4-3-5-9-17(15)27-22-20/h10-11,13,16H,3-9,12H2,1-2H3. The second-order valence-corrected chi connectivity index (χ2v) is 7.26. The van der Waals surface area contributed by atoms with Crippen LogP contribution in [0.4, 0.5) is 0 Å². The lowest BCUT2D eigenvalue weighted by molar-refractivity contribution is 0.0723. The zero-order valence-electron chi connectivity index (χ0n) is 16.0. The summed E-state index contributed by atoms with van der Waals surface area (Å²) in [6, 6.07) is 5.91. The molecule has 1 aliphatic carbocycles. The number of hydrogen-bond donors (Lipinski definition) is 0. The zero-order chi connectivity index (χ0) is 18.8. The van der Waals surface area contributed by atoms with Crippen molar-refractivity contribution in [1.82, 2.24) is 10.1 Å².